The van der Waals surface area contributed by atoms with Crippen molar-refractivity contribution >= 4 is 11.8 Å². The number of amides is 1. The first kappa shape index (κ1) is 14.1. The molecular weight excluding hydrogens is 279 g/mol. The molecule has 21 heavy (non-hydrogen) atoms. The Labute approximate surface area is 121 Å². The number of carbonyl (C=O) groups excluding carboxylic acids is 1. The van der Waals surface area contributed by atoms with Crippen molar-refractivity contribution < 1.29 is 23.8 Å². The van der Waals surface area contributed by atoms with E-state index in [4.69, 9.17) is 9.47 Å². The summed E-state index contributed by atoms with van der Waals surface area (Å²) in [7, 11) is 1.63. The summed E-state index contributed by atoms with van der Waals surface area (Å²) >= 11 is 0. The number of alkyl carbamates (subject to hydrolysis) is 1. The van der Waals surface area contributed by atoms with Crippen molar-refractivity contribution in [2.75, 3.05) is 31.6 Å². The zero-order valence-electron chi connectivity index (χ0n) is 11.6. The SMILES string of the molecule is COC1CN(c2ccc(C(O)C3CNC(=O)O3)cc2F)C1. The smallest absolute Gasteiger partial charge is 0.407 e. The van der Waals surface area contributed by atoms with Crippen LogP contribution in [0.3, 0.4) is 0 Å². The number of aliphatic hydroxyl groups excluding tert-OH is 1. The highest BCUT2D eigenvalue weighted by atomic mass is 19.1. The third kappa shape index (κ3) is 2.66. The van der Waals surface area contributed by atoms with Crippen LogP contribution in [-0.2, 0) is 9.47 Å². The van der Waals surface area contributed by atoms with Gasteiger partial charge < -0.3 is 24.8 Å². The molecule has 1 amide bonds. The fraction of sp³-hybridized carbons (Fsp3) is 0.500. The van der Waals surface area contributed by atoms with Gasteiger partial charge in [-0.1, -0.05) is 6.07 Å². The number of hydrogen-bond donors (Lipinski definition) is 2. The highest BCUT2D eigenvalue weighted by Crippen LogP contribution is 2.29. The number of aliphatic hydroxyl groups is 1. The lowest BCUT2D eigenvalue weighted by atomic mass is 10.0. The second-order valence-electron chi connectivity index (χ2n) is 5.24. The molecule has 2 atom stereocenters. The number of nitrogens with zero attached hydrogens (tertiary/aromatic N) is 1. The van der Waals surface area contributed by atoms with Gasteiger partial charge in [0, 0.05) is 20.2 Å². The maximum absolute atomic E-state index is 14.2. The van der Waals surface area contributed by atoms with E-state index in [1.807, 2.05) is 4.90 Å². The van der Waals surface area contributed by atoms with E-state index in [0.717, 1.165) is 0 Å². The standard InChI is InChI=1S/C14H17FN2O4/c1-20-9-6-17(7-9)11-3-2-8(4-10(11)15)13(18)12-5-16-14(19)21-12/h2-4,9,12-13,18H,5-7H2,1H3,(H,16,19). The molecule has 0 spiro atoms. The number of benzene rings is 1. The molecule has 0 saturated carbocycles. The molecule has 0 radical (unpaired) electrons. The Morgan fingerprint density at radius 1 is 1.52 bits per heavy atom. The van der Waals surface area contributed by atoms with Gasteiger partial charge in [0.15, 0.2) is 6.10 Å². The van der Waals surface area contributed by atoms with Crippen LogP contribution in [0.15, 0.2) is 18.2 Å². The predicted molar refractivity (Wildman–Crippen MR) is 72.6 cm³/mol. The highest BCUT2D eigenvalue weighted by molar-refractivity contribution is 5.69. The number of carbonyl (C=O) groups is 1. The number of methoxy groups -OCH3 is 1. The minimum absolute atomic E-state index is 0.138. The molecule has 2 fully saturated rings. The van der Waals surface area contributed by atoms with E-state index < -0.39 is 24.1 Å². The van der Waals surface area contributed by atoms with Gasteiger partial charge in [-0.05, 0) is 17.7 Å². The van der Waals surface area contributed by atoms with Crippen molar-refractivity contribution in [3.05, 3.63) is 29.6 Å². The van der Waals surface area contributed by atoms with Gasteiger partial charge in [0.2, 0.25) is 0 Å². The molecule has 0 bridgehead atoms. The molecule has 0 aliphatic carbocycles. The number of rotatable bonds is 4. The van der Waals surface area contributed by atoms with Gasteiger partial charge in [0.25, 0.3) is 0 Å². The maximum Gasteiger partial charge on any atom is 0.407 e. The second-order valence-corrected chi connectivity index (χ2v) is 5.24. The van der Waals surface area contributed by atoms with Crippen LogP contribution in [0.2, 0.25) is 0 Å². The number of ether oxygens (including phenoxy) is 2. The van der Waals surface area contributed by atoms with Crippen molar-refractivity contribution in [1.29, 1.82) is 0 Å². The summed E-state index contributed by atoms with van der Waals surface area (Å²) in [4.78, 5) is 12.8. The second kappa shape index (κ2) is 5.50. The minimum atomic E-state index is -1.05. The Kier molecular flexibility index (Phi) is 3.69. The van der Waals surface area contributed by atoms with Crippen LogP contribution in [0, 0.1) is 5.82 Å². The molecule has 3 rings (SSSR count). The first-order valence-electron chi connectivity index (χ1n) is 6.78. The summed E-state index contributed by atoms with van der Waals surface area (Å²) in [5.41, 5.74) is 0.877. The molecule has 2 aliphatic heterocycles. The Hall–Kier alpha value is -1.86. The molecular formula is C14H17FN2O4. The molecule has 114 valence electrons. The molecule has 2 N–H and O–H groups in total. The summed E-state index contributed by atoms with van der Waals surface area (Å²) in [6.07, 6.45) is -2.17. The van der Waals surface area contributed by atoms with Gasteiger partial charge in [-0.3, -0.25) is 0 Å². The van der Waals surface area contributed by atoms with Crippen LogP contribution in [0.4, 0.5) is 14.9 Å². The van der Waals surface area contributed by atoms with Crippen LogP contribution in [0.1, 0.15) is 11.7 Å². The molecule has 7 heteroatoms. The normalized spacial score (nSPS) is 23.5. The third-order valence-electron chi connectivity index (χ3n) is 3.89. The Balaban J connectivity index is 1.70. The van der Waals surface area contributed by atoms with E-state index in [-0.39, 0.29) is 12.6 Å². The predicted octanol–water partition coefficient (Wildman–Crippen LogP) is 0.802. The molecule has 2 heterocycles. The van der Waals surface area contributed by atoms with Crippen molar-refractivity contribution in [2.45, 2.75) is 18.3 Å². The van der Waals surface area contributed by atoms with Gasteiger partial charge in [0.1, 0.15) is 11.9 Å². The topological polar surface area (TPSA) is 71.0 Å². The van der Waals surface area contributed by atoms with Crippen LogP contribution in [0.5, 0.6) is 0 Å². The summed E-state index contributed by atoms with van der Waals surface area (Å²) in [6, 6.07) is 4.56. The van der Waals surface area contributed by atoms with Gasteiger partial charge in [0.05, 0.1) is 18.3 Å². The summed E-state index contributed by atoms with van der Waals surface area (Å²) < 4.78 is 24.2. The third-order valence-corrected chi connectivity index (χ3v) is 3.89. The number of hydrogen-bond acceptors (Lipinski definition) is 5. The van der Waals surface area contributed by atoms with E-state index in [2.05, 4.69) is 5.32 Å². The Bertz CT molecular complexity index is 548. The summed E-state index contributed by atoms with van der Waals surface area (Å²) in [5.74, 6) is -0.404. The van der Waals surface area contributed by atoms with Gasteiger partial charge in [-0.2, -0.15) is 0 Å². The minimum Gasteiger partial charge on any atom is -0.441 e. The van der Waals surface area contributed by atoms with E-state index in [9.17, 15) is 14.3 Å². The lowest BCUT2D eigenvalue weighted by Crippen LogP contribution is -2.52. The monoisotopic (exact) mass is 296 g/mol. The van der Waals surface area contributed by atoms with E-state index in [0.29, 0.717) is 24.3 Å². The number of anilines is 1. The lowest BCUT2D eigenvalue weighted by molar-refractivity contribution is 0.0317. The van der Waals surface area contributed by atoms with Crippen LogP contribution >= 0.6 is 0 Å². The molecule has 0 aromatic heterocycles. The summed E-state index contributed by atoms with van der Waals surface area (Å²) in [5, 5.41) is 12.6. The lowest BCUT2D eigenvalue weighted by Gasteiger charge is -2.40. The van der Waals surface area contributed by atoms with E-state index in [1.165, 1.54) is 6.07 Å². The van der Waals surface area contributed by atoms with E-state index in [1.54, 1.807) is 19.2 Å². The zero-order chi connectivity index (χ0) is 15.0. The van der Waals surface area contributed by atoms with Crippen molar-refractivity contribution in [3.8, 4) is 0 Å². The first-order valence-corrected chi connectivity index (χ1v) is 6.78. The van der Waals surface area contributed by atoms with Gasteiger partial charge >= 0.3 is 6.09 Å². The number of nitrogens with one attached hydrogen (secondary N) is 1. The maximum atomic E-state index is 14.2. The fourth-order valence-corrected chi connectivity index (χ4v) is 2.54. The Morgan fingerprint density at radius 3 is 2.86 bits per heavy atom. The molecule has 1 aromatic rings. The molecule has 2 saturated heterocycles. The van der Waals surface area contributed by atoms with Crippen molar-refractivity contribution in [2.24, 2.45) is 0 Å². The molecule has 2 aliphatic rings. The molecule has 1 aromatic carbocycles. The average molecular weight is 296 g/mol. The summed E-state index contributed by atoms with van der Waals surface area (Å²) in [6.45, 7) is 1.52. The Morgan fingerprint density at radius 2 is 2.29 bits per heavy atom. The highest BCUT2D eigenvalue weighted by Gasteiger charge is 2.32. The van der Waals surface area contributed by atoms with Crippen LogP contribution in [0.25, 0.3) is 0 Å². The molecule has 2 unspecified atom stereocenters. The number of halogens is 1. The van der Waals surface area contributed by atoms with Crippen molar-refractivity contribution in [1.82, 2.24) is 5.32 Å². The fourth-order valence-electron chi connectivity index (χ4n) is 2.54. The first-order chi connectivity index (χ1) is 10.1. The van der Waals surface area contributed by atoms with Crippen LogP contribution in [-0.4, -0.2) is 50.2 Å². The number of cyclic esters (lactones) is 1. The zero-order valence-corrected chi connectivity index (χ0v) is 11.6. The van der Waals surface area contributed by atoms with Crippen LogP contribution < -0.4 is 10.2 Å². The van der Waals surface area contributed by atoms with Gasteiger partial charge in [-0.25, -0.2) is 9.18 Å². The quantitative estimate of drug-likeness (QED) is 0.860. The largest absolute Gasteiger partial charge is 0.441 e. The average Bonchev–Trinajstić information content (AvgIpc) is 2.85. The molecule has 6 nitrogen and oxygen atoms in total. The van der Waals surface area contributed by atoms with Gasteiger partial charge in [-0.15, -0.1) is 0 Å². The van der Waals surface area contributed by atoms with E-state index >= 15 is 0 Å². The van der Waals surface area contributed by atoms with Crippen molar-refractivity contribution in [3.63, 3.8) is 0 Å².